The number of unbranched alkanes of at least 4 members (excludes halogenated alkanes) is 16. The maximum atomic E-state index is 2.66. The molecule has 0 bridgehead atoms. The normalized spacial score (nSPS) is 16.2. The predicted molar refractivity (Wildman–Crippen MR) is 136 cm³/mol. The van der Waals surface area contributed by atoms with Gasteiger partial charge in [-0.2, -0.15) is 0 Å². The largest absolute Gasteiger partial charge is 0.356 e. The van der Waals surface area contributed by atoms with Crippen LogP contribution in [-0.4, -0.2) is 29.1 Å². The van der Waals surface area contributed by atoms with Crippen molar-refractivity contribution in [2.24, 2.45) is 0 Å². The van der Waals surface area contributed by atoms with E-state index in [1.165, 1.54) is 142 Å². The van der Waals surface area contributed by atoms with Crippen LogP contribution in [0.25, 0.3) is 0 Å². The zero-order chi connectivity index (χ0) is 21.7. The summed E-state index contributed by atoms with van der Waals surface area (Å²) in [5.41, 5.74) is 0. The highest BCUT2D eigenvalue weighted by atomic mass is 15.4. The van der Waals surface area contributed by atoms with Gasteiger partial charge in [-0.1, -0.05) is 124 Å². The van der Waals surface area contributed by atoms with E-state index in [0.29, 0.717) is 6.17 Å². The molecule has 0 saturated heterocycles. The second-order valence-corrected chi connectivity index (χ2v) is 9.70. The third-order valence-electron chi connectivity index (χ3n) is 6.82. The van der Waals surface area contributed by atoms with E-state index in [1.807, 2.05) is 0 Å². The zero-order valence-corrected chi connectivity index (χ0v) is 21.2. The minimum atomic E-state index is 0.644. The minimum absolute atomic E-state index is 0.644. The van der Waals surface area contributed by atoms with Gasteiger partial charge in [0.15, 0.2) is 0 Å². The molecule has 30 heavy (non-hydrogen) atoms. The van der Waals surface area contributed by atoms with Gasteiger partial charge < -0.3 is 9.80 Å². The minimum Gasteiger partial charge on any atom is -0.356 e. The number of nitrogens with zero attached hydrogens (tertiary/aromatic N) is 2. The third-order valence-corrected chi connectivity index (χ3v) is 6.82. The molecule has 0 spiro atoms. The topological polar surface area (TPSA) is 6.48 Å². The molecule has 1 atom stereocenters. The first-order valence-corrected chi connectivity index (χ1v) is 14.0. The fraction of sp³-hybridized carbons (Fsp3) is 0.929. The van der Waals surface area contributed by atoms with Gasteiger partial charge in [0.25, 0.3) is 0 Å². The molecule has 0 amide bonds. The maximum Gasteiger partial charge on any atom is 0.101 e. The molecule has 1 unspecified atom stereocenters. The van der Waals surface area contributed by atoms with Gasteiger partial charge in [0.05, 0.1) is 0 Å². The first-order chi connectivity index (χ1) is 14.8. The Morgan fingerprint density at radius 3 is 1.27 bits per heavy atom. The average molecular weight is 421 g/mol. The summed E-state index contributed by atoms with van der Waals surface area (Å²) in [6.45, 7) is 9.42. The van der Waals surface area contributed by atoms with Gasteiger partial charge in [0, 0.05) is 25.5 Å². The molecule has 1 aliphatic rings. The lowest BCUT2D eigenvalue weighted by molar-refractivity contribution is 0.136. The van der Waals surface area contributed by atoms with Gasteiger partial charge in [-0.15, -0.1) is 0 Å². The lowest BCUT2D eigenvalue weighted by Crippen LogP contribution is -2.39. The smallest absolute Gasteiger partial charge is 0.101 e. The van der Waals surface area contributed by atoms with Gasteiger partial charge in [-0.25, -0.2) is 0 Å². The Morgan fingerprint density at radius 1 is 0.433 bits per heavy atom. The molecule has 0 aromatic carbocycles. The van der Waals surface area contributed by atoms with Crippen LogP contribution in [0.1, 0.15) is 149 Å². The monoisotopic (exact) mass is 420 g/mol. The second kappa shape index (κ2) is 20.3. The SMILES string of the molecule is CCCCCCCCCCCCN1C=CN(CCCC)C1CCCCCCCCC. The summed E-state index contributed by atoms with van der Waals surface area (Å²) in [6, 6.07) is 0. The molecule has 0 radical (unpaired) electrons. The molecule has 0 aromatic heterocycles. The van der Waals surface area contributed by atoms with E-state index in [1.54, 1.807) is 0 Å². The standard InChI is InChI=1S/C28H56N2/c1-4-7-10-12-14-15-16-18-20-22-25-30-27-26-29(24-9-6-3)28(30)23-21-19-17-13-11-8-5-2/h26-28H,4-25H2,1-3H3. The summed E-state index contributed by atoms with van der Waals surface area (Å²) in [5, 5.41) is 0. The Balaban J connectivity index is 2.16. The summed E-state index contributed by atoms with van der Waals surface area (Å²) in [4.78, 5) is 5.30. The van der Waals surface area contributed by atoms with Crippen LogP contribution >= 0.6 is 0 Å². The Labute approximate surface area is 190 Å². The van der Waals surface area contributed by atoms with Gasteiger partial charge >= 0.3 is 0 Å². The van der Waals surface area contributed by atoms with E-state index in [-0.39, 0.29) is 0 Å². The van der Waals surface area contributed by atoms with Crippen molar-refractivity contribution in [2.45, 2.75) is 155 Å². The number of hydrogen-bond acceptors (Lipinski definition) is 2. The summed E-state index contributed by atoms with van der Waals surface area (Å²) in [7, 11) is 0. The van der Waals surface area contributed by atoms with Crippen molar-refractivity contribution in [1.29, 1.82) is 0 Å². The Morgan fingerprint density at radius 2 is 0.800 bits per heavy atom. The Bertz CT molecular complexity index is 379. The Hall–Kier alpha value is -0.660. The van der Waals surface area contributed by atoms with E-state index in [2.05, 4.69) is 43.0 Å². The van der Waals surface area contributed by atoms with Crippen molar-refractivity contribution in [1.82, 2.24) is 9.80 Å². The summed E-state index contributed by atoms with van der Waals surface area (Å²) in [6.07, 6.45) is 33.6. The quantitative estimate of drug-likeness (QED) is 0.161. The molecule has 178 valence electrons. The van der Waals surface area contributed by atoms with Gasteiger partial charge in [-0.05, 0) is 25.7 Å². The molecular formula is C28H56N2. The van der Waals surface area contributed by atoms with Crippen molar-refractivity contribution in [3.8, 4) is 0 Å². The zero-order valence-electron chi connectivity index (χ0n) is 21.2. The average Bonchev–Trinajstić information content (AvgIpc) is 3.14. The van der Waals surface area contributed by atoms with E-state index in [4.69, 9.17) is 0 Å². The highest BCUT2D eigenvalue weighted by molar-refractivity contribution is 4.96. The molecule has 0 fully saturated rings. The van der Waals surface area contributed by atoms with Crippen LogP contribution in [0.3, 0.4) is 0 Å². The molecule has 1 aliphatic heterocycles. The van der Waals surface area contributed by atoms with E-state index in [0.717, 1.165) is 0 Å². The van der Waals surface area contributed by atoms with Gasteiger partial charge in [0.2, 0.25) is 0 Å². The van der Waals surface area contributed by atoms with Crippen molar-refractivity contribution >= 4 is 0 Å². The highest BCUT2D eigenvalue weighted by Gasteiger charge is 2.24. The van der Waals surface area contributed by atoms with Crippen molar-refractivity contribution in [3.63, 3.8) is 0 Å². The molecule has 0 aliphatic carbocycles. The van der Waals surface area contributed by atoms with Crippen LogP contribution in [0.4, 0.5) is 0 Å². The fourth-order valence-corrected chi connectivity index (χ4v) is 4.75. The van der Waals surface area contributed by atoms with E-state index < -0.39 is 0 Å². The fourth-order valence-electron chi connectivity index (χ4n) is 4.75. The predicted octanol–water partition coefficient (Wildman–Crippen LogP) is 9.26. The first kappa shape index (κ1) is 27.4. The summed E-state index contributed by atoms with van der Waals surface area (Å²) in [5.74, 6) is 0. The van der Waals surface area contributed by atoms with Crippen LogP contribution in [0.5, 0.6) is 0 Å². The molecular weight excluding hydrogens is 364 g/mol. The van der Waals surface area contributed by atoms with E-state index in [9.17, 15) is 0 Å². The maximum absolute atomic E-state index is 2.66. The summed E-state index contributed by atoms with van der Waals surface area (Å²) >= 11 is 0. The van der Waals surface area contributed by atoms with Crippen LogP contribution < -0.4 is 0 Å². The molecule has 0 N–H and O–H groups in total. The third kappa shape index (κ3) is 13.6. The van der Waals surface area contributed by atoms with Crippen LogP contribution in [-0.2, 0) is 0 Å². The highest BCUT2D eigenvalue weighted by Crippen LogP contribution is 2.23. The van der Waals surface area contributed by atoms with Gasteiger partial charge in [-0.3, -0.25) is 0 Å². The number of hydrogen-bond donors (Lipinski definition) is 0. The first-order valence-electron chi connectivity index (χ1n) is 14.0. The van der Waals surface area contributed by atoms with Crippen molar-refractivity contribution in [2.75, 3.05) is 13.1 Å². The molecule has 1 heterocycles. The van der Waals surface area contributed by atoms with Crippen molar-refractivity contribution in [3.05, 3.63) is 12.4 Å². The van der Waals surface area contributed by atoms with Gasteiger partial charge in [0.1, 0.15) is 6.17 Å². The molecule has 1 rings (SSSR count). The molecule has 2 heteroatoms. The van der Waals surface area contributed by atoms with Crippen LogP contribution in [0.2, 0.25) is 0 Å². The lowest BCUT2D eigenvalue weighted by Gasteiger charge is -2.33. The lowest BCUT2D eigenvalue weighted by atomic mass is 10.1. The van der Waals surface area contributed by atoms with Crippen LogP contribution in [0, 0.1) is 0 Å². The second-order valence-electron chi connectivity index (χ2n) is 9.70. The number of rotatable bonds is 22. The Kier molecular flexibility index (Phi) is 18.5. The molecule has 0 aromatic rings. The molecule has 2 nitrogen and oxygen atoms in total. The van der Waals surface area contributed by atoms with E-state index >= 15 is 0 Å². The van der Waals surface area contributed by atoms with Crippen LogP contribution in [0.15, 0.2) is 12.4 Å². The van der Waals surface area contributed by atoms with Crippen molar-refractivity contribution < 1.29 is 0 Å². The summed E-state index contributed by atoms with van der Waals surface area (Å²) < 4.78 is 0. The molecule has 0 saturated carbocycles.